The van der Waals surface area contributed by atoms with Gasteiger partial charge in [0.2, 0.25) is 5.91 Å². The van der Waals surface area contributed by atoms with E-state index in [4.69, 9.17) is 4.74 Å². The SMILES string of the molecule is COc1ccc2ccccc2c1/C=C1/SC(NC(C)=O)=NC1=O. The molecular formula is C17H14N2O3S. The number of amidine groups is 1. The van der Waals surface area contributed by atoms with Gasteiger partial charge in [0.1, 0.15) is 5.75 Å². The molecule has 0 radical (unpaired) electrons. The number of carbonyl (C=O) groups excluding carboxylic acids is 2. The number of rotatable bonds is 2. The molecule has 6 heteroatoms. The molecule has 0 aliphatic carbocycles. The highest BCUT2D eigenvalue weighted by Crippen LogP contribution is 2.34. The van der Waals surface area contributed by atoms with E-state index in [1.54, 1.807) is 13.2 Å². The first-order valence-electron chi connectivity index (χ1n) is 6.94. The summed E-state index contributed by atoms with van der Waals surface area (Å²) in [5.74, 6) is 0.0550. The summed E-state index contributed by atoms with van der Waals surface area (Å²) in [6.07, 6.45) is 1.76. The van der Waals surface area contributed by atoms with E-state index in [2.05, 4.69) is 10.3 Å². The van der Waals surface area contributed by atoms with E-state index < -0.39 is 0 Å². The van der Waals surface area contributed by atoms with E-state index in [1.165, 1.54) is 6.92 Å². The zero-order valence-corrected chi connectivity index (χ0v) is 13.4. The zero-order chi connectivity index (χ0) is 16.4. The molecule has 0 atom stereocenters. The van der Waals surface area contributed by atoms with Gasteiger partial charge in [-0.2, -0.15) is 4.99 Å². The lowest BCUT2D eigenvalue weighted by atomic mass is 10.0. The van der Waals surface area contributed by atoms with Crippen LogP contribution in [0.4, 0.5) is 0 Å². The fourth-order valence-corrected chi connectivity index (χ4v) is 3.19. The molecule has 2 aromatic rings. The normalized spacial score (nSPS) is 15.8. The Morgan fingerprint density at radius 3 is 2.78 bits per heavy atom. The predicted molar refractivity (Wildman–Crippen MR) is 92.3 cm³/mol. The van der Waals surface area contributed by atoms with Crippen LogP contribution in [-0.2, 0) is 9.59 Å². The second-order valence-electron chi connectivity index (χ2n) is 4.92. The van der Waals surface area contributed by atoms with Gasteiger partial charge >= 0.3 is 0 Å². The number of hydrogen-bond donors (Lipinski definition) is 1. The van der Waals surface area contributed by atoms with Crippen molar-refractivity contribution in [3.05, 3.63) is 46.9 Å². The Morgan fingerprint density at radius 1 is 1.26 bits per heavy atom. The number of fused-ring (bicyclic) bond motifs is 1. The number of benzene rings is 2. The van der Waals surface area contributed by atoms with Crippen molar-refractivity contribution >= 4 is 45.6 Å². The van der Waals surface area contributed by atoms with Gasteiger partial charge in [-0.25, -0.2) is 0 Å². The van der Waals surface area contributed by atoms with Crippen molar-refractivity contribution < 1.29 is 14.3 Å². The number of thioether (sulfide) groups is 1. The molecule has 116 valence electrons. The quantitative estimate of drug-likeness (QED) is 0.862. The second-order valence-corrected chi connectivity index (χ2v) is 5.95. The molecule has 2 aromatic carbocycles. The molecule has 0 saturated carbocycles. The van der Waals surface area contributed by atoms with E-state index in [9.17, 15) is 9.59 Å². The van der Waals surface area contributed by atoms with E-state index in [0.717, 1.165) is 28.1 Å². The van der Waals surface area contributed by atoms with Gasteiger partial charge in [0.05, 0.1) is 12.0 Å². The van der Waals surface area contributed by atoms with Crippen molar-refractivity contribution in [3.63, 3.8) is 0 Å². The maximum atomic E-state index is 12.0. The Hall–Kier alpha value is -2.60. The second kappa shape index (κ2) is 6.26. The third kappa shape index (κ3) is 3.12. The van der Waals surface area contributed by atoms with Crippen molar-refractivity contribution in [1.29, 1.82) is 0 Å². The maximum absolute atomic E-state index is 12.0. The van der Waals surface area contributed by atoms with Crippen molar-refractivity contribution in [2.45, 2.75) is 6.92 Å². The Bertz CT molecular complexity index is 871. The van der Waals surface area contributed by atoms with Crippen molar-refractivity contribution in [3.8, 4) is 5.75 Å². The highest BCUT2D eigenvalue weighted by molar-refractivity contribution is 8.18. The molecular weight excluding hydrogens is 312 g/mol. The third-order valence-corrected chi connectivity index (χ3v) is 4.23. The van der Waals surface area contributed by atoms with Crippen LogP contribution in [0.1, 0.15) is 12.5 Å². The first-order chi connectivity index (χ1) is 11.1. The lowest BCUT2D eigenvalue weighted by Gasteiger charge is -2.09. The maximum Gasteiger partial charge on any atom is 0.286 e. The zero-order valence-electron chi connectivity index (χ0n) is 12.6. The van der Waals surface area contributed by atoms with Gasteiger partial charge in [-0.1, -0.05) is 30.3 Å². The summed E-state index contributed by atoms with van der Waals surface area (Å²) in [6, 6.07) is 11.7. The molecule has 5 nitrogen and oxygen atoms in total. The summed E-state index contributed by atoms with van der Waals surface area (Å²) in [5, 5.41) is 4.87. The minimum absolute atomic E-state index is 0.256. The molecule has 1 aliphatic heterocycles. The highest BCUT2D eigenvalue weighted by Gasteiger charge is 2.23. The van der Waals surface area contributed by atoms with Crippen LogP contribution in [0, 0.1) is 0 Å². The van der Waals surface area contributed by atoms with Crippen LogP contribution in [-0.4, -0.2) is 24.1 Å². The Morgan fingerprint density at radius 2 is 2.04 bits per heavy atom. The summed E-state index contributed by atoms with van der Waals surface area (Å²) in [6.45, 7) is 1.38. The van der Waals surface area contributed by atoms with Crippen LogP contribution in [0.25, 0.3) is 16.8 Å². The van der Waals surface area contributed by atoms with Crippen molar-refractivity contribution in [2.24, 2.45) is 4.99 Å². The van der Waals surface area contributed by atoms with Crippen LogP contribution in [0.2, 0.25) is 0 Å². The van der Waals surface area contributed by atoms with E-state index >= 15 is 0 Å². The number of nitrogens with one attached hydrogen (secondary N) is 1. The van der Waals surface area contributed by atoms with Gasteiger partial charge in [0.15, 0.2) is 5.17 Å². The van der Waals surface area contributed by atoms with E-state index in [1.807, 2.05) is 36.4 Å². The van der Waals surface area contributed by atoms with Gasteiger partial charge in [0, 0.05) is 12.5 Å². The third-order valence-electron chi connectivity index (χ3n) is 3.33. The number of aliphatic imine (C=N–C) groups is 1. The number of nitrogens with zero attached hydrogens (tertiary/aromatic N) is 1. The minimum atomic E-state index is -0.367. The number of carbonyl (C=O) groups is 2. The molecule has 1 heterocycles. The molecule has 3 rings (SSSR count). The van der Waals surface area contributed by atoms with Gasteiger partial charge in [-0.3, -0.25) is 9.59 Å². The molecule has 0 bridgehead atoms. The standard InChI is InChI=1S/C17H14N2O3S/c1-10(20)18-17-19-16(21)15(23-17)9-13-12-6-4-3-5-11(12)7-8-14(13)22-2/h3-9H,1-2H3,(H,18,19,20,21)/b15-9+. The number of amides is 2. The van der Waals surface area contributed by atoms with Crippen molar-refractivity contribution in [2.75, 3.05) is 7.11 Å². The van der Waals surface area contributed by atoms with Crippen LogP contribution >= 0.6 is 11.8 Å². The first kappa shape index (κ1) is 15.3. The number of hydrogen-bond acceptors (Lipinski definition) is 4. The summed E-state index contributed by atoms with van der Waals surface area (Å²) in [5.41, 5.74) is 0.820. The fourth-order valence-electron chi connectivity index (χ4n) is 2.35. The Kier molecular flexibility index (Phi) is 4.16. The van der Waals surface area contributed by atoms with E-state index in [0.29, 0.717) is 15.8 Å². The van der Waals surface area contributed by atoms with Gasteiger partial charge in [-0.15, -0.1) is 0 Å². The lowest BCUT2D eigenvalue weighted by Crippen LogP contribution is -2.23. The molecule has 0 spiro atoms. The molecule has 2 amide bonds. The average Bonchev–Trinajstić information content (AvgIpc) is 2.86. The molecule has 0 saturated heterocycles. The fraction of sp³-hybridized carbons (Fsp3) is 0.118. The number of methoxy groups -OCH3 is 1. The largest absolute Gasteiger partial charge is 0.496 e. The Balaban J connectivity index is 2.04. The smallest absolute Gasteiger partial charge is 0.286 e. The van der Waals surface area contributed by atoms with Crippen LogP contribution in [0.15, 0.2) is 46.3 Å². The monoisotopic (exact) mass is 326 g/mol. The van der Waals surface area contributed by atoms with Gasteiger partial charge in [-0.05, 0) is 34.7 Å². The van der Waals surface area contributed by atoms with E-state index in [-0.39, 0.29) is 11.8 Å². The van der Waals surface area contributed by atoms with Crippen LogP contribution in [0.5, 0.6) is 5.75 Å². The number of ether oxygens (including phenoxy) is 1. The summed E-state index contributed by atoms with van der Waals surface area (Å²) >= 11 is 1.14. The summed E-state index contributed by atoms with van der Waals surface area (Å²) in [7, 11) is 1.59. The lowest BCUT2D eigenvalue weighted by molar-refractivity contribution is -0.117. The van der Waals surface area contributed by atoms with Gasteiger partial charge < -0.3 is 10.1 Å². The van der Waals surface area contributed by atoms with Gasteiger partial charge in [0.25, 0.3) is 5.91 Å². The first-order valence-corrected chi connectivity index (χ1v) is 7.76. The molecule has 0 unspecified atom stereocenters. The molecule has 0 fully saturated rings. The summed E-state index contributed by atoms with van der Waals surface area (Å²) in [4.78, 5) is 27.4. The Labute approximate surface area is 137 Å². The highest BCUT2D eigenvalue weighted by atomic mass is 32.2. The summed E-state index contributed by atoms with van der Waals surface area (Å²) < 4.78 is 5.42. The predicted octanol–water partition coefficient (Wildman–Crippen LogP) is 2.95. The minimum Gasteiger partial charge on any atom is -0.496 e. The van der Waals surface area contributed by atoms with Crippen molar-refractivity contribution in [1.82, 2.24) is 5.32 Å². The topological polar surface area (TPSA) is 67.8 Å². The molecule has 1 N–H and O–H groups in total. The van der Waals surface area contributed by atoms with Crippen LogP contribution < -0.4 is 10.1 Å². The molecule has 23 heavy (non-hydrogen) atoms. The van der Waals surface area contributed by atoms with Crippen LogP contribution in [0.3, 0.4) is 0 Å². The molecule has 1 aliphatic rings. The average molecular weight is 326 g/mol. The molecule has 0 aromatic heterocycles.